The molecule has 0 aromatic carbocycles. The molecule has 1 aliphatic heterocycles. The Bertz CT molecular complexity index is 431. The van der Waals surface area contributed by atoms with Crippen LogP contribution < -0.4 is 5.32 Å². The maximum Gasteiger partial charge on any atom is 0.328 e. The van der Waals surface area contributed by atoms with E-state index in [2.05, 4.69) is 5.32 Å². The Hall–Kier alpha value is -1.59. The molecule has 6 nitrogen and oxygen atoms in total. The van der Waals surface area contributed by atoms with Gasteiger partial charge in [0.2, 0.25) is 11.8 Å². The Kier molecular flexibility index (Phi) is 4.85. The van der Waals surface area contributed by atoms with Crippen LogP contribution in [-0.2, 0) is 19.1 Å². The Balaban J connectivity index is 1.92. The van der Waals surface area contributed by atoms with Gasteiger partial charge in [-0.1, -0.05) is 13.8 Å². The topological polar surface area (TPSA) is 75.7 Å². The molecule has 2 fully saturated rings. The zero-order chi connectivity index (χ0) is 15.6. The average Bonchev–Trinajstić information content (AvgIpc) is 3.19. The number of ether oxygens (including phenoxy) is 1. The Labute approximate surface area is 125 Å². The van der Waals surface area contributed by atoms with Gasteiger partial charge in [0.1, 0.15) is 6.04 Å². The molecule has 2 aliphatic rings. The predicted octanol–water partition coefficient (Wildman–Crippen LogP) is 0.701. The van der Waals surface area contributed by atoms with E-state index in [0.29, 0.717) is 19.0 Å². The molecule has 2 amide bonds. The van der Waals surface area contributed by atoms with E-state index in [1.807, 2.05) is 13.8 Å². The van der Waals surface area contributed by atoms with Crippen LogP contribution in [0.25, 0.3) is 0 Å². The summed E-state index contributed by atoms with van der Waals surface area (Å²) >= 11 is 0. The molecule has 0 aromatic rings. The number of methoxy groups -OCH3 is 1. The van der Waals surface area contributed by atoms with Gasteiger partial charge in [-0.05, 0) is 25.2 Å². The fourth-order valence-corrected chi connectivity index (χ4v) is 2.76. The molecular formula is C15H24N2O4. The summed E-state index contributed by atoms with van der Waals surface area (Å²) in [6, 6.07) is -0.296. The Morgan fingerprint density at radius 2 is 2.05 bits per heavy atom. The standard InChI is InChI=1S/C15H24N2O4/c1-9(2)6-12(15(20)21-3)16-14(19)10-7-13(18)17(8-10)11-4-5-11/h9-12H,4-8H2,1-3H3,(H,16,19). The molecule has 0 spiro atoms. The van der Waals surface area contributed by atoms with E-state index in [4.69, 9.17) is 4.74 Å². The van der Waals surface area contributed by atoms with Gasteiger partial charge >= 0.3 is 5.97 Å². The first-order valence-corrected chi connectivity index (χ1v) is 7.60. The van der Waals surface area contributed by atoms with Gasteiger partial charge in [-0.3, -0.25) is 9.59 Å². The molecule has 0 radical (unpaired) electrons. The van der Waals surface area contributed by atoms with Gasteiger partial charge < -0.3 is 15.0 Å². The van der Waals surface area contributed by atoms with Gasteiger partial charge in [-0.15, -0.1) is 0 Å². The first-order chi connectivity index (χ1) is 9.92. The third-order valence-corrected chi connectivity index (χ3v) is 4.03. The monoisotopic (exact) mass is 296 g/mol. The molecule has 21 heavy (non-hydrogen) atoms. The quantitative estimate of drug-likeness (QED) is 0.732. The van der Waals surface area contributed by atoms with Crippen molar-refractivity contribution in [3.63, 3.8) is 0 Å². The van der Waals surface area contributed by atoms with Crippen molar-refractivity contribution in [2.45, 2.75) is 51.6 Å². The average molecular weight is 296 g/mol. The molecule has 118 valence electrons. The van der Waals surface area contributed by atoms with Gasteiger partial charge in [0.15, 0.2) is 0 Å². The summed E-state index contributed by atoms with van der Waals surface area (Å²) < 4.78 is 4.74. The van der Waals surface area contributed by atoms with Crippen molar-refractivity contribution < 1.29 is 19.1 Å². The number of esters is 1. The lowest BCUT2D eigenvalue weighted by atomic mass is 10.0. The lowest BCUT2D eigenvalue weighted by molar-refractivity contribution is -0.146. The maximum absolute atomic E-state index is 12.3. The van der Waals surface area contributed by atoms with Crippen LogP contribution in [0.5, 0.6) is 0 Å². The van der Waals surface area contributed by atoms with Gasteiger partial charge in [-0.25, -0.2) is 4.79 Å². The van der Waals surface area contributed by atoms with E-state index in [9.17, 15) is 14.4 Å². The van der Waals surface area contributed by atoms with Crippen molar-refractivity contribution in [2.75, 3.05) is 13.7 Å². The first kappa shape index (κ1) is 15.8. The molecule has 6 heteroatoms. The van der Waals surface area contributed by atoms with Gasteiger partial charge in [0.05, 0.1) is 13.0 Å². The van der Waals surface area contributed by atoms with Crippen LogP contribution in [-0.4, -0.2) is 48.4 Å². The molecule has 1 N–H and O–H groups in total. The zero-order valence-corrected chi connectivity index (χ0v) is 12.9. The summed E-state index contributed by atoms with van der Waals surface area (Å²) in [6.45, 7) is 4.44. The summed E-state index contributed by atoms with van der Waals surface area (Å²) in [5.41, 5.74) is 0. The van der Waals surface area contributed by atoms with Crippen molar-refractivity contribution >= 4 is 17.8 Å². The van der Waals surface area contributed by atoms with Crippen molar-refractivity contribution in [3.8, 4) is 0 Å². The van der Waals surface area contributed by atoms with Crippen LogP contribution in [0.15, 0.2) is 0 Å². The van der Waals surface area contributed by atoms with Crippen LogP contribution >= 0.6 is 0 Å². The number of nitrogens with one attached hydrogen (secondary N) is 1. The highest BCUT2D eigenvalue weighted by Crippen LogP contribution is 2.32. The number of carbonyl (C=O) groups excluding carboxylic acids is 3. The maximum atomic E-state index is 12.3. The lowest BCUT2D eigenvalue weighted by Crippen LogP contribution is -2.45. The summed E-state index contributed by atoms with van der Waals surface area (Å²) in [5, 5.41) is 2.75. The highest BCUT2D eigenvalue weighted by Gasteiger charge is 2.42. The van der Waals surface area contributed by atoms with Crippen molar-refractivity contribution in [1.82, 2.24) is 10.2 Å². The number of rotatable bonds is 6. The van der Waals surface area contributed by atoms with E-state index in [1.54, 1.807) is 4.90 Å². The lowest BCUT2D eigenvalue weighted by Gasteiger charge is -2.20. The molecule has 1 aliphatic carbocycles. The Morgan fingerprint density at radius 3 is 2.57 bits per heavy atom. The minimum absolute atomic E-state index is 0.0520. The van der Waals surface area contributed by atoms with E-state index >= 15 is 0 Å². The number of amides is 2. The molecule has 2 unspecified atom stereocenters. The minimum Gasteiger partial charge on any atom is -0.467 e. The van der Waals surface area contributed by atoms with Gasteiger partial charge in [0, 0.05) is 19.0 Å². The Morgan fingerprint density at radius 1 is 1.38 bits per heavy atom. The van der Waals surface area contributed by atoms with Crippen LogP contribution in [0, 0.1) is 11.8 Å². The fourth-order valence-electron chi connectivity index (χ4n) is 2.76. The molecule has 0 bridgehead atoms. The SMILES string of the molecule is COC(=O)C(CC(C)C)NC(=O)C1CC(=O)N(C2CC2)C1. The third kappa shape index (κ3) is 3.95. The summed E-state index contributed by atoms with van der Waals surface area (Å²) in [5.74, 6) is -0.681. The van der Waals surface area contributed by atoms with E-state index in [-0.39, 0.29) is 30.1 Å². The van der Waals surface area contributed by atoms with Gasteiger partial charge in [0.25, 0.3) is 0 Å². The number of likely N-dealkylation sites (tertiary alicyclic amines) is 1. The fraction of sp³-hybridized carbons (Fsp3) is 0.800. The smallest absolute Gasteiger partial charge is 0.328 e. The first-order valence-electron chi connectivity index (χ1n) is 7.60. The molecule has 0 aromatic heterocycles. The molecular weight excluding hydrogens is 272 g/mol. The van der Waals surface area contributed by atoms with Crippen LogP contribution in [0.2, 0.25) is 0 Å². The van der Waals surface area contributed by atoms with Gasteiger partial charge in [-0.2, -0.15) is 0 Å². The molecule has 1 saturated heterocycles. The highest BCUT2D eigenvalue weighted by atomic mass is 16.5. The number of hydrogen-bond donors (Lipinski definition) is 1. The summed E-state index contributed by atoms with van der Waals surface area (Å²) in [7, 11) is 1.32. The molecule has 1 saturated carbocycles. The van der Waals surface area contributed by atoms with Crippen molar-refractivity contribution in [1.29, 1.82) is 0 Å². The second-order valence-corrected chi connectivity index (χ2v) is 6.39. The van der Waals surface area contributed by atoms with Crippen molar-refractivity contribution in [3.05, 3.63) is 0 Å². The van der Waals surface area contributed by atoms with Crippen LogP contribution in [0.1, 0.15) is 39.5 Å². The molecule has 2 atom stereocenters. The highest BCUT2D eigenvalue weighted by molar-refractivity contribution is 5.91. The molecule has 2 rings (SSSR count). The number of carbonyl (C=O) groups is 3. The number of nitrogens with zero attached hydrogens (tertiary/aromatic N) is 1. The second-order valence-electron chi connectivity index (χ2n) is 6.39. The van der Waals surface area contributed by atoms with Crippen LogP contribution in [0.4, 0.5) is 0 Å². The predicted molar refractivity (Wildman–Crippen MR) is 76.2 cm³/mol. The normalized spacial score (nSPS) is 23.3. The van der Waals surface area contributed by atoms with E-state index in [0.717, 1.165) is 12.8 Å². The number of hydrogen-bond acceptors (Lipinski definition) is 4. The summed E-state index contributed by atoms with van der Waals surface area (Å²) in [6.07, 6.45) is 2.86. The van der Waals surface area contributed by atoms with E-state index in [1.165, 1.54) is 7.11 Å². The van der Waals surface area contributed by atoms with E-state index < -0.39 is 12.0 Å². The zero-order valence-electron chi connectivity index (χ0n) is 12.9. The molecule has 1 heterocycles. The third-order valence-electron chi connectivity index (χ3n) is 4.03. The second kappa shape index (κ2) is 6.45. The summed E-state index contributed by atoms with van der Waals surface area (Å²) in [4.78, 5) is 37.7. The minimum atomic E-state index is -0.632. The largest absolute Gasteiger partial charge is 0.467 e. The van der Waals surface area contributed by atoms with Crippen LogP contribution in [0.3, 0.4) is 0 Å². The van der Waals surface area contributed by atoms with Crippen molar-refractivity contribution in [2.24, 2.45) is 11.8 Å².